The third kappa shape index (κ3) is 8.38. The summed E-state index contributed by atoms with van der Waals surface area (Å²) in [6.07, 6.45) is 0.172. The lowest BCUT2D eigenvalue weighted by atomic mass is 10.0. The molecule has 0 bridgehead atoms. The van der Waals surface area contributed by atoms with Crippen molar-refractivity contribution in [1.29, 1.82) is 0 Å². The summed E-state index contributed by atoms with van der Waals surface area (Å²) in [5.74, 6) is -1.02. The maximum atomic E-state index is 14.5. The highest BCUT2D eigenvalue weighted by molar-refractivity contribution is 7.92. The number of carbonyl (C=O) groups is 2. The molecule has 0 aliphatic carbocycles. The van der Waals surface area contributed by atoms with E-state index in [9.17, 15) is 18.0 Å². The molecule has 1 N–H and O–H groups in total. The lowest BCUT2D eigenvalue weighted by molar-refractivity contribution is -0.140. The Balaban J connectivity index is 1.85. The van der Waals surface area contributed by atoms with Crippen LogP contribution in [0.5, 0.6) is 0 Å². The van der Waals surface area contributed by atoms with Gasteiger partial charge in [-0.25, -0.2) is 8.42 Å². The zero-order chi connectivity index (χ0) is 32.7. The van der Waals surface area contributed by atoms with E-state index < -0.39 is 34.4 Å². The van der Waals surface area contributed by atoms with Gasteiger partial charge in [0.2, 0.25) is 11.8 Å². The largest absolute Gasteiger partial charge is 0.355 e. The summed E-state index contributed by atoms with van der Waals surface area (Å²) < 4.78 is 29.5. The number of amides is 2. The van der Waals surface area contributed by atoms with Crippen molar-refractivity contribution < 1.29 is 18.0 Å². The summed E-state index contributed by atoms with van der Waals surface area (Å²) in [6.45, 7) is 4.95. The first-order chi connectivity index (χ1) is 21.4. The van der Waals surface area contributed by atoms with Gasteiger partial charge >= 0.3 is 0 Å². The van der Waals surface area contributed by atoms with Crippen LogP contribution in [0.15, 0.2) is 95.9 Å². The number of nitrogens with one attached hydrogen (secondary N) is 1. The van der Waals surface area contributed by atoms with Crippen LogP contribution in [0, 0.1) is 13.8 Å². The number of rotatable bonds is 12. The number of hydrogen-bond donors (Lipinski definition) is 1. The Labute approximate surface area is 279 Å². The number of anilines is 1. The predicted octanol–water partition coefficient (Wildman–Crippen LogP) is 7.24. The van der Waals surface area contributed by atoms with E-state index in [-0.39, 0.29) is 23.5 Å². The van der Waals surface area contributed by atoms with Crippen LogP contribution in [-0.2, 0) is 32.6 Å². The van der Waals surface area contributed by atoms with E-state index in [0.717, 1.165) is 15.4 Å². The second-order valence-electron chi connectivity index (χ2n) is 10.6. The van der Waals surface area contributed by atoms with Crippen LogP contribution in [0.2, 0.25) is 15.1 Å². The Bertz CT molecular complexity index is 1750. The number of hydrogen-bond acceptors (Lipinski definition) is 4. The SMILES string of the molecule is CCNC(=O)C(Cc1ccccc1)N(Cc1c(Cl)cccc1Cl)C(=O)CN(c1ccc(Cl)cc1C)S(=O)(=O)c1ccc(C)cc1. The number of aryl methyl sites for hydroxylation is 2. The van der Waals surface area contributed by atoms with Crippen LogP contribution in [0.1, 0.15) is 29.2 Å². The third-order valence-corrected chi connectivity index (χ3v) is 10.0. The van der Waals surface area contributed by atoms with Crippen LogP contribution in [0.4, 0.5) is 5.69 Å². The quantitative estimate of drug-likeness (QED) is 0.170. The molecule has 0 aliphatic heterocycles. The standard InChI is InChI=1S/C34H34Cl3N3O4S/c1-4-38-34(42)32(20-25-9-6-5-7-10-25)39(21-28-29(36)11-8-12-30(28)37)33(41)22-40(31-18-15-26(35)19-24(31)3)45(43,44)27-16-13-23(2)14-17-27/h5-19,32H,4,20-22H2,1-3H3,(H,38,42). The topological polar surface area (TPSA) is 86.8 Å². The molecule has 0 saturated heterocycles. The van der Waals surface area contributed by atoms with E-state index in [1.165, 1.54) is 17.0 Å². The van der Waals surface area contributed by atoms with Crippen molar-refractivity contribution in [3.05, 3.63) is 128 Å². The van der Waals surface area contributed by atoms with E-state index >= 15 is 0 Å². The molecule has 7 nitrogen and oxygen atoms in total. The van der Waals surface area contributed by atoms with Crippen LogP contribution in [0.3, 0.4) is 0 Å². The summed E-state index contributed by atoms with van der Waals surface area (Å²) in [6, 6.07) is 24.4. The van der Waals surface area contributed by atoms with Crippen molar-refractivity contribution >= 4 is 62.3 Å². The highest BCUT2D eigenvalue weighted by Crippen LogP contribution is 2.31. The van der Waals surface area contributed by atoms with Gasteiger partial charge in [-0.15, -0.1) is 0 Å². The molecule has 0 aromatic heterocycles. The molecule has 0 fully saturated rings. The maximum absolute atomic E-state index is 14.5. The molecular formula is C34H34Cl3N3O4S. The summed E-state index contributed by atoms with van der Waals surface area (Å²) in [5.41, 5.74) is 2.97. The van der Waals surface area contributed by atoms with Gasteiger partial charge in [-0.2, -0.15) is 0 Å². The molecule has 1 atom stereocenters. The van der Waals surface area contributed by atoms with E-state index in [4.69, 9.17) is 34.8 Å². The van der Waals surface area contributed by atoms with Crippen molar-refractivity contribution in [2.75, 3.05) is 17.4 Å². The molecule has 236 valence electrons. The lowest BCUT2D eigenvalue weighted by Gasteiger charge is -2.34. The van der Waals surface area contributed by atoms with Crippen molar-refractivity contribution in [3.8, 4) is 0 Å². The second-order valence-corrected chi connectivity index (χ2v) is 13.7. The lowest BCUT2D eigenvalue weighted by Crippen LogP contribution is -2.53. The van der Waals surface area contributed by atoms with E-state index in [1.807, 2.05) is 37.3 Å². The molecular weight excluding hydrogens is 653 g/mol. The predicted molar refractivity (Wildman–Crippen MR) is 182 cm³/mol. The van der Waals surface area contributed by atoms with Gasteiger partial charge < -0.3 is 10.2 Å². The zero-order valence-corrected chi connectivity index (χ0v) is 28.2. The van der Waals surface area contributed by atoms with Gasteiger partial charge in [-0.05, 0) is 74.4 Å². The minimum absolute atomic E-state index is 0.0144. The summed E-state index contributed by atoms with van der Waals surface area (Å²) in [4.78, 5) is 29.5. The molecule has 2 amide bonds. The number of sulfonamides is 1. The van der Waals surface area contributed by atoms with Gasteiger partial charge in [0, 0.05) is 40.1 Å². The smallest absolute Gasteiger partial charge is 0.264 e. The maximum Gasteiger partial charge on any atom is 0.264 e. The molecule has 45 heavy (non-hydrogen) atoms. The molecule has 4 aromatic carbocycles. The zero-order valence-electron chi connectivity index (χ0n) is 25.1. The molecule has 4 rings (SSSR count). The van der Waals surface area contributed by atoms with E-state index in [2.05, 4.69) is 5.32 Å². The normalized spacial score (nSPS) is 12.0. The van der Waals surface area contributed by atoms with Crippen molar-refractivity contribution in [2.45, 2.75) is 44.7 Å². The minimum Gasteiger partial charge on any atom is -0.355 e. The van der Waals surface area contributed by atoms with Gasteiger partial charge in [-0.1, -0.05) is 88.9 Å². The molecule has 4 aromatic rings. The first-order valence-electron chi connectivity index (χ1n) is 14.3. The Morgan fingerprint density at radius 1 is 0.844 bits per heavy atom. The summed E-state index contributed by atoms with van der Waals surface area (Å²) >= 11 is 19.3. The van der Waals surface area contributed by atoms with Crippen LogP contribution in [-0.4, -0.2) is 44.3 Å². The second kappa shape index (κ2) is 15.1. The Hall–Kier alpha value is -3.56. The molecule has 0 heterocycles. The van der Waals surface area contributed by atoms with Crippen molar-refractivity contribution in [2.24, 2.45) is 0 Å². The highest BCUT2D eigenvalue weighted by Gasteiger charge is 2.35. The number of likely N-dealkylation sites (N-methyl/N-ethyl adjacent to an activating group) is 1. The molecule has 0 spiro atoms. The van der Waals surface area contributed by atoms with Crippen LogP contribution in [0.25, 0.3) is 0 Å². The average molecular weight is 687 g/mol. The average Bonchev–Trinajstić information content (AvgIpc) is 3.00. The number of nitrogens with zero attached hydrogens (tertiary/aromatic N) is 2. The van der Waals surface area contributed by atoms with Gasteiger partial charge in [-0.3, -0.25) is 13.9 Å². The monoisotopic (exact) mass is 685 g/mol. The van der Waals surface area contributed by atoms with Gasteiger partial charge in [0.15, 0.2) is 0 Å². The van der Waals surface area contributed by atoms with Gasteiger partial charge in [0.25, 0.3) is 10.0 Å². The Morgan fingerprint density at radius 3 is 2.09 bits per heavy atom. The van der Waals surface area contributed by atoms with Crippen LogP contribution >= 0.6 is 34.8 Å². The number of benzene rings is 4. The van der Waals surface area contributed by atoms with Crippen molar-refractivity contribution in [1.82, 2.24) is 10.2 Å². The molecule has 0 saturated carbocycles. The first kappa shape index (κ1) is 34.3. The molecule has 1 unspecified atom stereocenters. The molecule has 11 heteroatoms. The fourth-order valence-electron chi connectivity index (χ4n) is 4.95. The molecule has 0 aliphatic rings. The third-order valence-electron chi connectivity index (χ3n) is 7.33. The van der Waals surface area contributed by atoms with E-state index in [1.54, 1.807) is 62.4 Å². The molecule has 0 radical (unpaired) electrons. The first-order valence-corrected chi connectivity index (χ1v) is 16.9. The number of carbonyl (C=O) groups excluding carboxylic acids is 2. The highest BCUT2D eigenvalue weighted by atomic mass is 35.5. The van der Waals surface area contributed by atoms with Crippen LogP contribution < -0.4 is 9.62 Å². The summed E-state index contributed by atoms with van der Waals surface area (Å²) in [7, 11) is -4.25. The van der Waals surface area contributed by atoms with Gasteiger partial charge in [0.05, 0.1) is 10.6 Å². The Kier molecular flexibility index (Phi) is 11.6. The van der Waals surface area contributed by atoms with E-state index in [0.29, 0.717) is 32.7 Å². The number of halogens is 3. The Morgan fingerprint density at radius 2 is 1.49 bits per heavy atom. The minimum atomic E-state index is -4.25. The fraction of sp³-hybridized carbons (Fsp3) is 0.235. The fourth-order valence-corrected chi connectivity index (χ4v) is 7.17. The summed E-state index contributed by atoms with van der Waals surface area (Å²) in [5, 5.41) is 3.88. The van der Waals surface area contributed by atoms with Gasteiger partial charge in [0.1, 0.15) is 12.6 Å². The van der Waals surface area contributed by atoms with Crippen molar-refractivity contribution in [3.63, 3.8) is 0 Å².